The number of halogens is 1. The molecule has 4 aliphatic carbocycles. The summed E-state index contributed by atoms with van der Waals surface area (Å²) in [6, 6.07) is 4.77. The van der Waals surface area contributed by atoms with Crippen LogP contribution in [0, 0.1) is 22.7 Å². The van der Waals surface area contributed by atoms with Crippen LogP contribution < -0.4 is 10.1 Å². The van der Waals surface area contributed by atoms with E-state index in [1.807, 2.05) is 0 Å². The van der Waals surface area contributed by atoms with Gasteiger partial charge in [0.05, 0.1) is 30.8 Å². The molecular weight excluding hydrogens is 715 g/mol. The van der Waals surface area contributed by atoms with Gasteiger partial charge in [0.25, 0.3) is 0 Å². The number of fused-ring (bicyclic) bond motifs is 5. The quantitative estimate of drug-likeness (QED) is 0.0690. The number of hydrogen-bond donors (Lipinski definition) is 6. The maximum atomic E-state index is 17.3. The van der Waals surface area contributed by atoms with Gasteiger partial charge in [0.2, 0.25) is 11.7 Å². The molecule has 17 heteroatoms. The second-order valence-corrected chi connectivity index (χ2v) is 14.9. The van der Waals surface area contributed by atoms with Crippen molar-refractivity contribution < 1.29 is 73.1 Å². The Morgan fingerprint density at radius 1 is 1.02 bits per heavy atom. The van der Waals surface area contributed by atoms with Gasteiger partial charge in [0.15, 0.2) is 23.7 Å². The van der Waals surface area contributed by atoms with Gasteiger partial charge in [-0.15, -0.1) is 0 Å². The second kappa shape index (κ2) is 15.9. The van der Waals surface area contributed by atoms with Crippen LogP contribution >= 0.6 is 0 Å². The minimum Gasteiger partial charge on any atom is -0.464 e. The average molecular weight is 763 g/mol. The molecule has 0 aromatic heterocycles. The van der Waals surface area contributed by atoms with Crippen molar-refractivity contribution in [1.82, 2.24) is 10.7 Å². The molecule has 0 unspecified atom stereocenters. The second-order valence-electron chi connectivity index (χ2n) is 14.9. The van der Waals surface area contributed by atoms with Gasteiger partial charge >= 0.3 is 12.1 Å². The highest BCUT2D eigenvalue weighted by molar-refractivity contribution is 6.01. The third-order valence-electron chi connectivity index (χ3n) is 11.8. The number of amides is 1. The molecule has 0 saturated heterocycles. The number of Topliss-reactive ketones (excluding diaryl/α,β-unsaturated/α-hetero) is 1. The van der Waals surface area contributed by atoms with Crippen molar-refractivity contribution in [3.63, 3.8) is 0 Å². The van der Waals surface area contributed by atoms with Gasteiger partial charge in [0, 0.05) is 30.1 Å². The molecule has 0 bridgehead atoms. The number of esters is 1. The van der Waals surface area contributed by atoms with Crippen LogP contribution in [0.15, 0.2) is 48.1 Å². The summed E-state index contributed by atoms with van der Waals surface area (Å²) in [4.78, 5) is 67.1. The smallest absolute Gasteiger partial charge is 0.464 e. The van der Waals surface area contributed by atoms with E-state index in [1.54, 1.807) is 6.92 Å². The Bertz CT molecular complexity index is 1680. The maximum absolute atomic E-state index is 17.3. The van der Waals surface area contributed by atoms with Crippen molar-refractivity contribution >= 4 is 29.6 Å². The van der Waals surface area contributed by atoms with Crippen LogP contribution in [-0.2, 0) is 39.9 Å². The topological polar surface area (TPSA) is 239 Å². The van der Waals surface area contributed by atoms with Crippen LogP contribution in [0.1, 0.15) is 64.9 Å². The van der Waals surface area contributed by atoms with Gasteiger partial charge in [0.1, 0.15) is 11.8 Å². The number of alkyl halides is 1. The normalized spacial score (nSPS) is 33.1. The number of rotatable bonds is 14. The van der Waals surface area contributed by atoms with Crippen LogP contribution in [-0.4, -0.2) is 110 Å². The molecule has 1 aromatic rings. The fraction of sp³-hybridized carbons (Fsp3) is 0.595. The number of ketones is 2. The zero-order chi connectivity index (χ0) is 39.6. The largest absolute Gasteiger partial charge is 0.514 e. The van der Waals surface area contributed by atoms with E-state index in [1.165, 1.54) is 56.3 Å². The number of nitrogens with one attached hydrogen (secondary N) is 1. The standard InChI is InChI=1S/C37H47FN2O14/c1-21(41)39-28(32(46)51-14-4-5-15-53-40(49)50)16-22-6-9-25(10-7-22)54-33(47)52-20-31(45)37(48)29(43)18-27-26-11-8-23-17-24(42)12-13-34(23,2)36(26,38)30(44)19-35(27,37)3/h6-7,9-10,12-13,17,26-30,43-44,48-50H,4-5,8,11,14-16,18-20H2,1-3H3,(H,39,41)/t26-,27-,28-,29+,30-,34-,35-,36-,37-/m0/s1. The first-order valence-corrected chi connectivity index (χ1v) is 17.8. The van der Waals surface area contributed by atoms with Gasteiger partial charge in [-0.2, -0.15) is 0 Å². The summed E-state index contributed by atoms with van der Waals surface area (Å²) in [5.74, 6) is -4.08. The van der Waals surface area contributed by atoms with Crippen LogP contribution in [0.25, 0.3) is 0 Å². The summed E-state index contributed by atoms with van der Waals surface area (Å²) in [6.07, 6.45) is 0.350. The number of hydrogen-bond acceptors (Lipinski definition) is 15. The molecule has 1 aromatic carbocycles. The third kappa shape index (κ3) is 7.58. The number of allylic oxidation sites excluding steroid dienone is 4. The third-order valence-corrected chi connectivity index (χ3v) is 11.8. The zero-order valence-corrected chi connectivity index (χ0v) is 30.2. The van der Waals surface area contributed by atoms with Crippen molar-refractivity contribution in [1.29, 1.82) is 0 Å². The lowest BCUT2D eigenvalue weighted by Gasteiger charge is -2.62. The van der Waals surface area contributed by atoms with Crippen molar-refractivity contribution in [3.8, 4) is 5.75 Å². The summed E-state index contributed by atoms with van der Waals surface area (Å²) < 4.78 is 32.8. The van der Waals surface area contributed by atoms with Gasteiger partial charge < -0.3 is 34.8 Å². The molecule has 0 radical (unpaired) electrons. The van der Waals surface area contributed by atoms with E-state index in [-0.39, 0.29) is 50.4 Å². The maximum Gasteiger partial charge on any atom is 0.514 e. The molecule has 5 rings (SSSR count). The van der Waals surface area contributed by atoms with E-state index in [2.05, 4.69) is 10.2 Å². The van der Waals surface area contributed by atoms with Crippen molar-refractivity contribution in [2.24, 2.45) is 22.7 Å². The van der Waals surface area contributed by atoms with Gasteiger partial charge in [-0.25, -0.2) is 14.0 Å². The Balaban J connectivity index is 1.17. The van der Waals surface area contributed by atoms with E-state index in [0.29, 0.717) is 30.4 Å². The van der Waals surface area contributed by atoms with Crippen molar-refractivity contribution in [2.45, 2.75) is 95.2 Å². The fourth-order valence-electron chi connectivity index (χ4n) is 9.08. The van der Waals surface area contributed by atoms with Crippen LogP contribution in [0.2, 0.25) is 0 Å². The first-order chi connectivity index (χ1) is 25.4. The first kappa shape index (κ1) is 41.1. The van der Waals surface area contributed by atoms with E-state index < -0.39 is 88.0 Å². The number of aliphatic hydroxyl groups excluding tert-OH is 2. The molecule has 9 atom stereocenters. The van der Waals surface area contributed by atoms with Gasteiger partial charge in [-0.1, -0.05) is 30.7 Å². The Labute approximate surface area is 310 Å². The molecule has 16 nitrogen and oxygen atoms in total. The molecule has 0 spiro atoms. The summed E-state index contributed by atoms with van der Waals surface area (Å²) >= 11 is 0. The molecule has 3 saturated carbocycles. The molecule has 3 fully saturated rings. The molecular formula is C37H47FN2O14. The summed E-state index contributed by atoms with van der Waals surface area (Å²) in [6.45, 7) is 3.37. The van der Waals surface area contributed by atoms with Crippen molar-refractivity contribution in [2.75, 3.05) is 19.8 Å². The number of carbonyl (C=O) groups excluding carboxylic acids is 5. The number of ether oxygens (including phenoxy) is 3. The Kier molecular flexibility index (Phi) is 12.1. The molecule has 0 aliphatic heterocycles. The zero-order valence-electron chi connectivity index (χ0n) is 30.2. The van der Waals surface area contributed by atoms with E-state index >= 15 is 4.39 Å². The number of unbranched alkanes of at least 4 members (excludes halogenated alkanes) is 1. The van der Waals surface area contributed by atoms with E-state index in [4.69, 9.17) is 24.6 Å². The minimum atomic E-state index is -2.49. The predicted octanol–water partition coefficient (Wildman–Crippen LogP) is 2.23. The SMILES string of the molecule is CC(=O)N[C@@H](Cc1ccc(OC(=O)OCC(=O)[C@@]2(O)[C@H](O)C[C@H]3[C@@H]4CCC5=CC(=O)C=C[C@]5(C)[C@@]4(F)[C@@H](O)C[C@@]32C)cc1)C(=O)OCCCCON(O)O. The molecule has 6 N–H and O–H groups in total. The first-order valence-electron chi connectivity index (χ1n) is 17.8. The van der Waals surface area contributed by atoms with E-state index in [0.717, 1.165) is 0 Å². The average Bonchev–Trinajstić information content (AvgIpc) is 3.31. The lowest BCUT2D eigenvalue weighted by Crippen LogP contribution is -2.69. The summed E-state index contributed by atoms with van der Waals surface area (Å²) in [5, 5.41) is 53.7. The number of benzene rings is 1. The van der Waals surface area contributed by atoms with Crippen LogP contribution in [0.3, 0.4) is 0 Å². The number of aliphatic hydroxyl groups is 3. The highest BCUT2D eigenvalue weighted by atomic mass is 19.1. The highest BCUT2D eigenvalue weighted by Crippen LogP contribution is 2.69. The fourth-order valence-corrected chi connectivity index (χ4v) is 9.08. The number of nitrogens with zero attached hydrogens (tertiary/aromatic N) is 1. The van der Waals surface area contributed by atoms with E-state index in [9.17, 15) is 39.3 Å². The summed E-state index contributed by atoms with van der Waals surface area (Å²) in [5.41, 5.74) is -6.39. The summed E-state index contributed by atoms with van der Waals surface area (Å²) in [7, 11) is 0. The Morgan fingerprint density at radius 3 is 2.37 bits per heavy atom. The predicted molar refractivity (Wildman–Crippen MR) is 181 cm³/mol. The Hall–Kier alpha value is -4.10. The monoisotopic (exact) mass is 762 g/mol. The number of carbonyl (C=O) groups is 5. The molecule has 4 aliphatic rings. The van der Waals surface area contributed by atoms with Gasteiger partial charge in [-0.05, 0) is 81.2 Å². The van der Waals surface area contributed by atoms with Crippen LogP contribution in [0.5, 0.6) is 5.75 Å². The molecule has 0 heterocycles. The molecule has 1 amide bonds. The lowest BCUT2D eigenvalue weighted by molar-refractivity contribution is -0.492. The minimum absolute atomic E-state index is 0.000368. The molecule has 296 valence electrons. The van der Waals surface area contributed by atoms with Crippen molar-refractivity contribution in [3.05, 3.63) is 53.6 Å². The van der Waals surface area contributed by atoms with Crippen LogP contribution in [0.4, 0.5) is 9.18 Å². The molecule has 54 heavy (non-hydrogen) atoms. The lowest BCUT2D eigenvalue weighted by atomic mass is 9.44. The highest BCUT2D eigenvalue weighted by Gasteiger charge is 2.76. The van der Waals surface area contributed by atoms with Gasteiger partial charge in [-0.3, -0.25) is 29.6 Å². The Morgan fingerprint density at radius 2 is 1.70 bits per heavy atom.